The Hall–Kier alpha value is -1.10. The predicted molar refractivity (Wildman–Crippen MR) is 78.3 cm³/mol. The van der Waals surface area contributed by atoms with E-state index in [0.29, 0.717) is 12.6 Å². The Labute approximate surface area is 116 Å². The molecule has 2 rings (SSSR count). The Morgan fingerprint density at radius 1 is 1.37 bits per heavy atom. The van der Waals surface area contributed by atoms with Crippen molar-refractivity contribution in [1.82, 2.24) is 9.80 Å². The lowest BCUT2D eigenvalue weighted by molar-refractivity contribution is 0.0999. The van der Waals surface area contributed by atoms with Gasteiger partial charge < -0.3 is 15.4 Å². The maximum absolute atomic E-state index is 5.70. The van der Waals surface area contributed by atoms with Crippen LogP contribution in [-0.2, 0) is 13.1 Å². The largest absolute Gasteiger partial charge is 0.496 e. The maximum atomic E-state index is 5.70. The number of hydrogen-bond donors (Lipinski definition) is 1. The monoisotopic (exact) mass is 263 g/mol. The number of methoxy groups -OCH3 is 1. The van der Waals surface area contributed by atoms with Crippen LogP contribution in [0, 0.1) is 0 Å². The van der Waals surface area contributed by atoms with Gasteiger partial charge in [-0.25, -0.2) is 0 Å². The molecule has 19 heavy (non-hydrogen) atoms. The van der Waals surface area contributed by atoms with Gasteiger partial charge in [0, 0.05) is 44.3 Å². The zero-order chi connectivity index (χ0) is 13.8. The fourth-order valence-electron chi connectivity index (χ4n) is 2.58. The van der Waals surface area contributed by atoms with Crippen LogP contribution < -0.4 is 10.5 Å². The van der Waals surface area contributed by atoms with Crippen LogP contribution in [-0.4, -0.2) is 49.6 Å². The molecule has 0 aliphatic carbocycles. The molecule has 1 atom stereocenters. The van der Waals surface area contributed by atoms with Crippen molar-refractivity contribution in [2.45, 2.75) is 26.1 Å². The second kappa shape index (κ2) is 6.37. The minimum atomic E-state index is 0.523. The van der Waals surface area contributed by atoms with Gasteiger partial charge >= 0.3 is 0 Å². The predicted octanol–water partition coefficient (Wildman–Crippen LogP) is 1.29. The van der Waals surface area contributed by atoms with E-state index in [1.54, 1.807) is 7.11 Å². The molecule has 1 aliphatic rings. The van der Waals surface area contributed by atoms with Crippen LogP contribution in [0.15, 0.2) is 18.2 Å². The molecular weight excluding hydrogens is 238 g/mol. The van der Waals surface area contributed by atoms with E-state index in [0.717, 1.165) is 37.5 Å². The second-order valence-corrected chi connectivity index (χ2v) is 5.42. The Kier molecular flexibility index (Phi) is 4.80. The number of nitrogens with zero attached hydrogens (tertiary/aromatic N) is 2. The van der Waals surface area contributed by atoms with Crippen molar-refractivity contribution >= 4 is 0 Å². The molecule has 1 aromatic rings. The summed E-state index contributed by atoms with van der Waals surface area (Å²) in [6.07, 6.45) is 0. The van der Waals surface area contributed by atoms with Crippen LogP contribution in [0.25, 0.3) is 0 Å². The molecular formula is C15H25N3O. The minimum Gasteiger partial charge on any atom is -0.496 e. The molecule has 0 saturated carbocycles. The lowest BCUT2D eigenvalue weighted by atomic mass is 10.1. The maximum Gasteiger partial charge on any atom is 0.123 e. The molecule has 0 amide bonds. The normalized spacial score (nSPS) is 21.6. The highest BCUT2D eigenvalue weighted by Gasteiger charge is 2.20. The molecule has 2 N–H and O–H groups in total. The van der Waals surface area contributed by atoms with Gasteiger partial charge in [0.15, 0.2) is 0 Å². The first kappa shape index (κ1) is 14.3. The molecule has 106 valence electrons. The summed E-state index contributed by atoms with van der Waals surface area (Å²) in [5, 5.41) is 0. The summed E-state index contributed by atoms with van der Waals surface area (Å²) in [6.45, 7) is 7.18. The van der Waals surface area contributed by atoms with E-state index in [4.69, 9.17) is 10.5 Å². The smallest absolute Gasteiger partial charge is 0.123 e. The number of ether oxygens (including phenoxy) is 1. The van der Waals surface area contributed by atoms with Crippen molar-refractivity contribution < 1.29 is 4.74 Å². The van der Waals surface area contributed by atoms with E-state index >= 15 is 0 Å². The summed E-state index contributed by atoms with van der Waals surface area (Å²) >= 11 is 0. The first-order valence-electron chi connectivity index (χ1n) is 6.92. The van der Waals surface area contributed by atoms with E-state index in [-0.39, 0.29) is 0 Å². The summed E-state index contributed by atoms with van der Waals surface area (Å²) in [4.78, 5) is 4.91. The number of benzene rings is 1. The van der Waals surface area contributed by atoms with Gasteiger partial charge in [-0.05, 0) is 25.6 Å². The van der Waals surface area contributed by atoms with Crippen LogP contribution >= 0.6 is 0 Å². The van der Waals surface area contributed by atoms with Crippen LogP contribution in [0.1, 0.15) is 18.1 Å². The Morgan fingerprint density at radius 3 is 2.79 bits per heavy atom. The summed E-state index contributed by atoms with van der Waals surface area (Å²) < 4.78 is 5.40. The van der Waals surface area contributed by atoms with Crippen LogP contribution in [0.5, 0.6) is 5.75 Å². The highest BCUT2D eigenvalue weighted by molar-refractivity contribution is 5.37. The third-order valence-corrected chi connectivity index (χ3v) is 4.02. The Balaban J connectivity index is 2.03. The van der Waals surface area contributed by atoms with E-state index in [9.17, 15) is 0 Å². The van der Waals surface area contributed by atoms with Crippen molar-refractivity contribution in [1.29, 1.82) is 0 Å². The zero-order valence-electron chi connectivity index (χ0n) is 12.2. The van der Waals surface area contributed by atoms with Crippen molar-refractivity contribution in [2.24, 2.45) is 5.73 Å². The molecule has 1 aliphatic heterocycles. The molecule has 0 aromatic heterocycles. The molecule has 1 heterocycles. The Bertz CT molecular complexity index is 422. The molecule has 0 radical (unpaired) electrons. The first-order chi connectivity index (χ1) is 9.13. The Morgan fingerprint density at radius 2 is 2.16 bits per heavy atom. The fourth-order valence-corrected chi connectivity index (χ4v) is 2.58. The molecule has 1 fully saturated rings. The number of likely N-dealkylation sites (N-methyl/N-ethyl adjacent to an activating group) is 1. The first-order valence-corrected chi connectivity index (χ1v) is 6.92. The second-order valence-electron chi connectivity index (χ2n) is 5.42. The van der Waals surface area contributed by atoms with Crippen molar-refractivity contribution in [3.05, 3.63) is 29.3 Å². The van der Waals surface area contributed by atoms with Gasteiger partial charge in [-0.3, -0.25) is 4.90 Å². The third kappa shape index (κ3) is 3.47. The average Bonchev–Trinajstić information content (AvgIpc) is 2.43. The molecule has 1 aromatic carbocycles. The quantitative estimate of drug-likeness (QED) is 0.889. The van der Waals surface area contributed by atoms with Crippen molar-refractivity contribution in [3.63, 3.8) is 0 Å². The van der Waals surface area contributed by atoms with E-state index in [1.165, 1.54) is 5.56 Å². The van der Waals surface area contributed by atoms with Gasteiger partial charge in [0.2, 0.25) is 0 Å². The van der Waals surface area contributed by atoms with Crippen molar-refractivity contribution in [2.75, 3.05) is 33.8 Å². The van der Waals surface area contributed by atoms with Crippen LogP contribution in [0.4, 0.5) is 0 Å². The van der Waals surface area contributed by atoms with Gasteiger partial charge in [-0.2, -0.15) is 0 Å². The van der Waals surface area contributed by atoms with E-state index < -0.39 is 0 Å². The van der Waals surface area contributed by atoms with E-state index in [1.807, 2.05) is 0 Å². The van der Waals surface area contributed by atoms with Gasteiger partial charge in [0.25, 0.3) is 0 Å². The SMILES string of the molecule is COc1cc(CN2CCN(C)C(C)C2)ccc1CN. The number of rotatable bonds is 4. The summed E-state index contributed by atoms with van der Waals surface area (Å²) in [7, 11) is 3.90. The number of hydrogen-bond acceptors (Lipinski definition) is 4. The average molecular weight is 263 g/mol. The topological polar surface area (TPSA) is 41.7 Å². The molecule has 0 bridgehead atoms. The number of nitrogens with two attached hydrogens (primary N) is 1. The number of piperazine rings is 1. The van der Waals surface area contributed by atoms with Crippen molar-refractivity contribution in [3.8, 4) is 5.75 Å². The molecule has 0 spiro atoms. The lowest BCUT2D eigenvalue weighted by Gasteiger charge is -2.37. The lowest BCUT2D eigenvalue weighted by Crippen LogP contribution is -2.49. The summed E-state index contributed by atoms with van der Waals surface area (Å²) in [5.41, 5.74) is 8.06. The highest BCUT2D eigenvalue weighted by atomic mass is 16.5. The molecule has 1 unspecified atom stereocenters. The summed E-state index contributed by atoms with van der Waals surface area (Å²) in [6, 6.07) is 6.98. The fraction of sp³-hybridized carbons (Fsp3) is 0.600. The van der Waals surface area contributed by atoms with Crippen LogP contribution in [0.3, 0.4) is 0 Å². The van der Waals surface area contributed by atoms with Gasteiger partial charge in [-0.15, -0.1) is 0 Å². The molecule has 4 nitrogen and oxygen atoms in total. The molecule has 1 saturated heterocycles. The minimum absolute atomic E-state index is 0.523. The zero-order valence-corrected chi connectivity index (χ0v) is 12.2. The highest BCUT2D eigenvalue weighted by Crippen LogP contribution is 2.21. The van der Waals surface area contributed by atoms with Gasteiger partial charge in [-0.1, -0.05) is 12.1 Å². The standard InChI is InChI=1S/C15H25N3O/c1-12-10-18(7-6-17(12)2)11-13-4-5-14(9-16)15(8-13)19-3/h4-5,8,12H,6-7,9-11,16H2,1-3H3. The van der Waals surface area contributed by atoms with E-state index in [2.05, 4.69) is 42.0 Å². The summed E-state index contributed by atoms with van der Waals surface area (Å²) in [5.74, 6) is 0.905. The van der Waals surface area contributed by atoms with Gasteiger partial charge in [0.05, 0.1) is 7.11 Å². The van der Waals surface area contributed by atoms with Crippen LogP contribution in [0.2, 0.25) is 0 Å². The van der Waals surface area contributed by atoms with Gasteiger partial charge in [0.1, 0.15) is 5.75 Å². The third-order valence-electron chi connectivity index (χ3n) is 4.02. The molecule has 4 heteroatoms.